The molecule has 0 saturated carbocycles. The minimum absolute atomic E-state index is 0.315. The monoisotopic (exact) mass is 472 g/mol. The lowest BCUT2D eigenvalue weighted by molar-refractivity contribution is -0.122. The van der Waals surface area contributed by atoms with Crippen LogP contribution in [0.2, 0.25) is 10.0 Å². The maximum Gasteiger partial charge on any atom is 0.265 e. The highest BCUT2D eigenvalue weighted by molar-refractivity contribution is 6.31. The highest BCUT2D eigenvalue weighted by atomic mass is 35.5. The topological polar surface area (TPSA) is 76.7 Å². The van der Waals surface area contributed by atoms with Gasteiger partial charge in [-0.25, -0.2) is 0 Å². The van der Waals surface area contributed by atoms with Gasteiger partial charge in [-0.2, -0.15) is 0 Å². The van der Waals surface area contributed by atoms with Gasteiger partial charge in [0.1, 0.15) is 11.5 Å². The van der Waals surface area contributed by atoms with Crippen LogP contribution in [0.4, 0.5) is 11.4 Å². The van der Waals surface area contributed by atoms with E-state index >= 15 is 0 Å². The summed E-state index contributed by atoms with van der Waals surface area (Å²) < 4.78 is 11.2. The molecule has 0 bridgehead atoms. The number of halogens is 2. The number of nitrogens with one attached hydrogen (secondary N) is 2. The second kappa shape index (κ2) is 10.9. The van der Waals surface area contributed by atoms with Gasteiger partial charge in [-0.3, -0.25) is 9.59 Å². The number of rotatable bonds is 8. The molecule has 0 spiro atoms. The van der Waals surface area contributed by atoms with Crippen molar-refractivity contribution in [1.29, 1.82) is 0 Å². The van der Waals surface area contributed by atoms with Gasteiger partial charge in [0.15, 0.2) is 12.2 Å². The molecule has 0 radical (unpaired) electrons. The van der Waals surface area contributed by atoms with E-state index in [1.165, 1.54) is 0 Å². The number of ether oxygens (including phenoxy) is 2. The van der Waals surface area contributed by atoms with Crippen molar-refractivity contribution in [2.45, 2.75) is 26.1 Å². The zero-order chi connectivity index (χ0) is 23.1. The second-order valence-corrected chi connectivity index (χ2v) is 7.86. The Morgan fingerprint density at radius 2 is 1.06 bits per heavy atom. The molecule has 3 aromatic carbocycles. The smallest absolute Gasteiger partial charge is 0.265 e. The van der Waals surface area contributed by atoms with Crippen molar-refractivity contribution in [3.05, 3.63) is 82.8 Å². The first-order valence-corrected chi connectivity index (χ1v) is 10.6. The summed E-state index contributed by atoms with van der Waals surface area (Å²) in [4.78, 5) is 24.8. The van der Waals surface area contributed by atoms with Crippen molar-refractivity contribution < 1.29 is 19.1 Å². The summed E-state index contributed by atoms with van der Waals surface area (Å²) in [5.74, 6) is 0.384. The molecule has 0 aromatic heterocycles. The van der Waals surface area contributed by atoms with Crippen molar-refractivity contribution >= 4 is 46.4 Å². The Bertz CT molecular complexity index is 1000. The summed E-state index contributed by atoms with van der Waals surface area (Å²) >= 11 is 11.9. The molecule has 2 amide bonds. The molecule has 2 N–H and O–H groups in total. The number of carbonyl (C=O) groups is 2. The van der Waals surface area contributed by atoms with Crippen LogP contribution in [0, 0.1) is 0 Å². The SMILES string of the molecule is CC(Oc1cccc(Cl)c1)C(=O)Nc1ccc(NC(=O)C(C)Oc2cccc(Cl)c2)cc1. The standard InChI is InChI=1S/C24H22Cl2N2O4/c1-15(31-21-7-3-5-17(25)13-21)23(29)27-19-9-11-20(12-10-19)28-24(30)16(2)32-22-8-4-6-18(26)14-22/h3-16H,1-2H3,(H,27,29)(H,28,30). The van der Waals surface area contributed by atoms with E-state index < -0.39 is 12.2 Å². The predicted molar refractivity (Wildman–Crippen MR) is 127 cm³/mol. The fourth-order valence-corrected chi connectivity index (χ4v) is 3.08. The lowest BCUT2D eigenvalue weighted by atomic mass is 10.2. The van der Waals surface area contributed by atoms with Crippen molar-refractivity contribution in [3.8, 4) is 11.5 Å². The maximum absolute atomic E-state index is 12.4. The minimum Gasteiger partial charge on any atom is -0.481 e. The van der Waals surface area contributed by atoms with Crippen LogP contribution in [0.25, 0.3) is 0 Å². The maximum atomic E-state index is 12.4. The molecule has 3 rings (SSSR count). The lowest BCUT2D eigenvalue weighted by Crippen LogP contribution is -2.30. The molecule has 2 atom stereocenters. The van der Waals surface area contributed by atoms with Crippen LogP contribution in [-0.4, -0.2) is 24.0 Å². The molecule has 32 heavy (non-hydrogen) atoms. The van der Waals surface area contributed by atoms with Gasteiger partial charge in [0.05, 0.1) is 0 Å². The number of hydrogen-bond donors (Lipinski definition) is 2. The number of anilines is 2. The Morgan fingerprint density at radius 3 is 1.41 bits per heavy atom. The van der Waals surface area contributed by atoms with Gasteiger partial charge in [-0.05, 0) is 74.5 Å². The van der Waals surface area contributed by atoms with E-state index in [-0.39, 0.29) is 11.8 Å². The van der Waals surface area contributed by atoms with Gasteiger partial charge in [-0.15, -0.1) is 0 Å². The molecule has 8 heteroatoms. The molecule has 0 aliphatic carbocycles. The Morgan fingerprint density at radius 1 is 0.688 bits per heavy atom. The fourth-order valence-electron chi connectivity index (χ4n) is 2.72. The van der Waals surface area contributed by atoms with E-state index in [1.54, 1.807) is 86.6 Å². The van der Waals surface area contributed by atoms with Crippen molar-refractivity contribution in [2.24, 2.45) is 0 Å². The van der Waals surface area contributed by atoms with E-state index in [1.807, 2.05) is 0 Å². The molecule has 0 aliphatic heterocycles. The Hall–Kier alpha value is -3.22. The molecule has 2 unspecified atom stereocenters. The Balaban J connectivity index is 1.51. The van der Waals surface area contributed by atoms with E-state index in [0.717, 1.165) is 0 Å². The quantitative estimate of drug-likeness (QED) is 0.433. The van der Waals surface area contributed by atoms with Crippen LogP contribution in [-0.2, 0) is 9.59 Å². The Kier molecular flexibility index (Phi) is 7.98. The molecular weight excluding hydrogens is 451 g/mol. The molecular formula is C24H22Cl2N2O4. The third kappa shape index (κ3) is 6.90. The molecule has 6 nitrogen and oxygen atoms in total. The van der Waals surface area contributed by atoms with E-state index in [4.69, 9.17) is 32.7 Å². The first-order chi connectivity index (χ1) is 15.3. The van der Waals surface area contributed by atoms with Crippen LogP contribution in [0.1, 0.15) is 13.8 Å². The second-order valence-electron chi connectivity index (χ2n) is 6.99. The summed E-state index contributed by atoms with van der Waals surface area (Å²) in [7, 11) is 0. The van der Waals surface area contributed by atoms with Crippen LogP contribution < -0.4 is 20.1 Å². The average molecular weight is 473 g/mol. The van der Waals surface area contributed by atoms with Gasteiger partial charge in [0, 0.05) is 21.4 Å². The molecule has 0 fully saturated rings. The number of amides is 2. The van der Waals surface area contributed by atoms with E-state index in [0.29, 0.717) is 32.9 Å². The molecule has 0 aliphatic rings. The van der Waals surface area contributed by atoms with Gasteiger partial charge in [0.25, 0.3) is 11.8 Å². The summed E-state index contributed by atoms with van der Waals surface area (Å²) in [6, 6.07) is 20.4. The van der Waals surface area contributed by atoms with Crippen LogP contribution >= 0.6 is 23.2 Å². The third-order valence-corrected chi connectivity index (χ3v) is 4.85. The number of benzene rings is 3. The van der Waals surface area contributed by atoms with Gasteiger partial charge >= 0.3 is 0 Å². The number of carbonyl (C=O) groups excluding carboxylic acids is 2. The van der Waals surface area contributed by atoms with Gasteiger partial charge in [0.2, 0.25) is 0 Å². The minimum atomic E-state index is -0.725. The molecule has 0 saturated heterocycles. The normalized spacial score (nSPS) is 12.4. The van der Waals surface area contributed by atoms with E-state index in [2.05, 4.69) is 10.6 Å². The first kappa shape index (κ1) is 23.4. The van der Waals surface area contributed by atoms with Crippen molar-refractivity contribution in [2.75, 3.05) is 10.6 Å². The average Bonchev–Trinajstić information content (AvgIpc) is 2.75. The summed E-state index contributed by atoms with van der Waals surface area (Å²) in [5, 5.41) is 6.60. The van der Waals surface area contributed by atoms with Crippen LogP contribution in [0.5, 0.6) is 11.5 Å². The van der Waals surface area contributed by atoms with Crippen LogP contribution in [0.15, 0.2) is 72.8 Å². The summed E-state index contributed by atoms with van der Waals surface area (Å²) in [5.41, 5.74) is 1.13. The summed E-state index contributed by atoms with van der Waals surface area (Å²) in [6.45, 7) is 3.29. The molecule has 0 heterocycles. The zero-order valence-electron chi connectivity index (χ0n) is 17.5. The van der Waals surface area contributed by atoms with Gasteiger partial charge < -0.3 is 20.1 Å². The fraction of sp³-hybridized carbons (Fsp3) is 0.167. The highest BCUT2D eigenvalue weighted by Gasteiger charge is 2.17. The lowest BCUT2D eigenvalue weighted by Gasteiger charge is -2.16. The first-order valence-electron chi connectivity index (χ1n) is 9.86. The number of hydrogen-bond acceptors (Lipinski definition) is 4. The third-order valence-electron chi connectivity index (χ3n) is 4.38. The van der Waals surface area contributed by atoms with Crippen LogP contribution in [0.3, 0.4) is 0 Å². The van der Waals surface area contributed by atoms with Gasteiger partial charge in [-0.1, -0.05) is 35.3 Å². The van der Waals surface area contributed by atoms with E-state index in [9.17, 15) is 9.59 Å². The van der Waals surface area contributed by atoms with Crippen molar-refractivity contribution in [1.82, 2.24) is 0 Å². The zero-order valence-corrected chi connectivity index (χ0v) is 19.0. The Labute approximate surface area is 196 Å². The summed E-state index contributed by atoms with van der Waals surface area (Å²) in [6.07, 6.45) is -1.45. The molecule has 166 valence electrons. The predicted octanol–water partition coefficient (Wildman–Crippen LogP) is 5.81. The largest absolute Gasteiger partial charge is 0.481 e. The highest BCUT2D eigenvalue weighted by Crippen LogP contribution is 2.21. The van der Waals surface area contributed by atoms with Crippen molar-refractivity contribution in [3.63, 3.8) is 0 Å². The molecule has 3 aromatic rings.